The summed E-state index contributed by atoms with van der Waals surface area (Å²) in [7, 11) is -3.72. The van der Waals surface area contributed by atoms with Gasteiger partial charge in [-0.25, -0.2) is 12.4 Å². The lowest BCUT2D eigenvalue weighted by molar-refractivity contribution is -0.130. The third-order valence-corrected chi connectivity index (χ3v) is 6.09. The van der Waals surface area contributed by atoms with Crippen LogP contribution in [-0.2, 0) is 24.3 Å². The summed E-state index contributed by atoms with van der Waals surface area (Å²) in [5.74, 6) is -0.426. The fourth-order valence-corrected chi connectivity index (χ4v) is 3.98. The second-order valence-corrected chi connectivity index (χ2v) is 8.67. The number of hydrogen-bond donors (Lipinski definition) is 1. The van der Waals surface area contributed by atoms with E-state index in [1.165, 1.54) is 42.9 Å². The van der Waals surface area contributed by atoms with Crippen molar-refractivity contribution in [2.75, 3.05) is 11.9 Å². The van der Waals surface area contributed by atoms with Gasteiger partial charge in [-0.1, -0.05) is 15.9 Å². The van der Waals surface area contributed by atoms with E-state index in [1.54, 1.807) is 12.1 Å². The smallest absolute Gasteiger partial charge is 0.267 e. The molecule has 0 saturated carbocycles. The molecule has 1 aromatic heterocycles. The summed E-state index contributed by atoms with van der Waals surface area (Å²) >= 11 is 3.27. The molecule has 0 spiro atoms. The maximum absolute atomic E-state index is 12.6. The predicted molar refractivity (Wildman–Crippen MR) is 104 cm³/mol. The van der Waals surface area contributed by atoms with E-state index in [4.69, 9.17) is 9.47 Å². The van der Waals surface area contributed by atoms with Crippen molar-refractivity contribution >= 4 is 37.5 Å². The van der Waals surface area contributed by atoms with Crippen LogP contribution in [-0.4, -0.2) is 31.2 Å². The summed E-state index contributed by atoms with van der Waals surface area (Å²) in [6.07, 6.45) is 7.77. The molecular weight excluding hydrogens is 436 g/mol. The molecule has 2 heterocycles. The molecule has 1 N–H and O–H groups in total. The highest BCUT2D eigenvalue weighted by Crippen LogP contribution is 2.20. The van der Waals surface area contributed by atoms with E-state index in [9.17, 15) is 13.2 Å². The second-order valence-electron chi connectivity index (χ2n) is 5.91. The van der Waals surface area contributed by atoms with Crippen molar-refractivity contribution in [3.63, 3.8) is 0 Å². The molecule has 0 radical (unpaired) electrons. The van der Waals surface area contributed by atoms with Crippen molar-refractivity contribution in [2.45, 2.75) is 30.4 Å². The zero-order valence-corrected chi connectivity index (χ0v) is 16.8. The minimum Gasteiger partial charge on any atom is -0.472 e. The zero-order valence-electron chi connectivity index (χ0n) is 14.4. The van der Waals surface area contributed by atoms with Gasteiger partial charge in [-0.05, 0) is 43.2 Å². The Labute approximate surface area is 166 Å². The fourth-order valence-electron chi connectivity index (χ4n) is 2.52. The average Bonchev–Trinajstić information content (AvgIpc) is 3.12. The Kier molecular flexibility index (Phi) is 6.35. The van der Waals surface area contributed by atoms with Gasteiger partial charge in [-0.15, -0.1) is 0 Å². The van der Waals surface area contributed by atoms with E-state index in [0.29, 0.717) is 12.3 Å². The third kappa shape index (κ3) is 5.21. The number of hydrogen-bond acceptors (Lipinski definition) is 5. The Morgan fingerprint density at radius 1 is 1.26 bits per heavy atom. The number of ether oxygens (including phenoxy) is 2. The first kappa shape index (κ1) is 19.7. The maximum atomic E-state index is 12.6. The van der Waals surface area contributed by atoms with Gasteiger partial charge in [0.05, 0.1) is 23.5 Å². The van der Waals surface area contributed by atoms with Crippen LogP contribution >= 0.6 is 15.9 Å². The van der Waals surface area contributed by atoms with Crippen LogP contribution in [0.2, 0.25) is 0 Å². The first-order valence-electron chi connectivity index (χ1n) is 8.39. The summed E-state index contributed by atoms with van der Waals surface area (Å²) < 4.78 is 37.7. The number of carbonyl (C=O) groups is 1. The van der Waals surface area contributed by atoms with E-state index in [2.05, 4.69) is 21.2 Å². The van der Waals surface area contributed by atoms with Gasteiger partial charge in [0.25, 0.3) is 15.9 Å². The maximum Gasteiger partial charge on any atom is 0.267 e. The summed E-state index contributed by atoms with van der Waals surface area (Å²) in [5, 5.41) is 2.59. The summed E-state index contributed by atoms with van der Waals surface area (Å²) in [6.45, 7) is 0.658. The number of halogens is 1. The van der Waals surface area contributed by atoms with Crippen molar-refractivity contribution in [2.24, 2.45) is 0 Å². The van der Waals surface area contributed by atoms with Gasteiger partial charge < -0.3 is 14.8 Å². The molecule has 2 aromatic rings. The molecule has 1 atom stereocenters. The van der Waals surface area contributed by atoms with Crippen LogP contribution in [0, 0.1) is 0 Å². The van der Waals surface area contributed by atoms with Crippen LogP contribution in [0.3, 0.4) is 0 Å². The van der Waals surface area contributed by atoms with Gasteiger partial charge in [0.15, 0.2) is 6.29 Å². The Balaban J connectivity index is 1.60. The van der Waals surface area contributed by atoms with E-state index in [0.717, 1.165) is 27.7 Å². The number of nitrogens with one attached hydrogen (secondary N) is 1. The molecule has 1 aliphatic heterocycles. The van der Waals surface area contributed by atoms with Gasteiger partial charge in [0.1, 0.15) is 0 Å². The first-order chi connectivity index (χ1) is 12.9. The van der Waals surface area contributed by atoms with E-state index < -0.39 is 15.9 Å². The van der Waals surface area contributed by atoms with Gasteiger partial charge in [-0.3, -0.25) is 4.79 Å². The molecule has 1 amide bonds. The van der Waals surface area contributed by atoms with Gasteiger partial charge in [-0.2, -0.15) is 0 Å². The molecule has 1 saturated heterocycles. The molecule has 7 nitrogen and oxygen atoms in total. The molecule has 0 bridgehead atoms. The second kappa shape index (κ2) is 8.73. The molecule has 1 unspecified atom stereocenters. The van der Waals surface area contributed by atoms with Crippen molar-refractivity contribution in [3.05, 3.63) is 59.5 Å². The molecular formula is C18H19BrN2O5S. The number of benzene rings is 1. The van der Waals surface area contributed by atoms with E-state index in [-0.39, 0.29) is 11.2 Å². The third-order valence-electron chi connectivity index (χ3n) is 3.91. The monoisotopic (exact) mass is 454 g/mol. The van der Waals surface area contributed by atoms with Crippen LogP contribution in [0.1, 0.15) is 19.3 Å². The van der Waals surface area contributed by atoms with Crippen LogP contribution in [0.4, 0.5) is 5.69 Å². The highest BCUT2D eigenvalue weighted by atomic mass is 79.9. The average molecular weight is 455 g/mol. The van der Waals surface area contributed by atoms with Crippen LogP contribution in [0.25, 0.3) is 0 Å². The normalized spacial score (nSPS) is 17.7. The molecule has 3 rings (SSSR count). The molecule has 144 valence electrons. The molecule has 27 heavy (non-hydrogen) atoms. The van der Waals surface area contributed by atoms with Crippen molar-refractivity contribution in [1.29, 1.82) is 0 Å². The Morgan fingerprint density at radius 3 is 2.74 bits per heavy atom. The Bertz CT molecular complexity index is 915. The Hall–Kier alpha value is -2.10. The lowest BCUT2D eigenvalue weighted by Crippen LogP contribution is -2.20. The summed E-state index contributed by atoms with van der Waals surface area (Å²) in [5.41, 5.74) is 0.360. The lowest BCUT2D eigenvalue weighted by atomic mass is 10.2. The highest BCUT2D eigenvalue weighted by molar-refractivity contribution is 9.10. The van der Waals surface area contributed by atoms with E-state index >= 15 is 0 Å². The number of amides is 1. The van der Waals surface area contributed by atoms with E-state index in [1.807, 2.05) is 0 Å². The van der Waals surface area contributed by atoms with Gasteiger partial charge in [0.2, 0.25) is 0 Å². The topological polar surface area (TPSA) is 86.6 Å². The largest absolute Gasteiger partial charge is 0.472 e. The molecule has 1 aromatic carbocycles. The zero-order chi connectivity index (χ0) is 19.3. The molecule has 1 aliphatic rings. The number of carbonyl (C=O) groups excluding carboxylic acids is 1. The molecule has 0 aliphatic carbocycles. The minimum absolute atomic E-state index is 0.153. The summed E-state index contributed by atoms with van der Waals surface area (Å²) in [4.78, 5) is 12.1. The van der Waals surface area contributed by atoms with Crippen LogP contribution in [0.5, 0.6) is 0 Å². The number of nitrogens with zero attached hydrogens (tertiary/aromatic N) is 1. The highest BCUT2D eigenvalue weighted by Gasteiger charge is 2.17. The molecule has 1 fully saturated rings. The first-order valence-corrected chi connectivity index (χ1v) is 10.6. The number of anilines is 1. The van der Waals surface area contributed by atoms with Gasteiger partial charge >= 0.3 is 0 Å². The Morgan fingerprint density at radius 2 is 2.04 bits per heavy atom. The van der Waals surface area contributed by atoms with Crippen molar-refractivity contribution in [3.8, 4) is 0 Å². The van der Waals surface area contributed by atoms with Crippen LogP contribution < -0.4 is 5.32 Å². The van der Waals surface area contributed by atoms with Crippen molar-refractivity contribution in [1.82, 2.24) is 3.97 Å². The fraction of sp³-hybridized carbons (Fsp3) is 0.278. The number of rotatable bonds is 6. The van der Waals surface area contributed by atoms with Crippen LogP contribution in [0.15, 0.2) is 64.4 Å². The lowest BCUT2D eigenvalue weighted by Gasteiger charge is -2.21. The standard InChI is InChI=1S/C18H19BrN2O5S/c19-14-4-6-16(7-5-14)27(23,24)21-10-8-15(13-21)20-17(22)9-12-26-18-3-1-2-11-25-18/h4-10,12-13,18H,1-3,11H2,(H,20,22)/b12-9+. The van der Waals surface area contributed by atoms with Crippen molar-refractivity contribution < 1.29 is 22.7 Å². The molecule has 9 heteroatoms. The predicted octanol–water partition coefficient (Wildman–Crippen LogP) is 3.48. The minimum atomic E-state index is -3.72. The summed E-state index contributed by atoms with van der Waals surface area (Å²) in [6, 6.07) is 7.82. The number of aromatic nitrogens is 1. The SMILES string of the molecule is O=C(/C=C/OC1CCCCO1)Nc1ccn(S(=O)(=O)c2ccc(Br)cc2)c1. The quantitative estimate of drug-likeness (QED) is 0.533. The van der Waals surface area contributed by atoms with Gasteiger partial charge in [0, 0.05) is 29.4 Å².